The monoisotopic (exact) mass is 212 g/mol. The van der Waals surface area contributed by atoms with E-state index in [0.29, 0.717) is 6.42 Å². The van der Waals surface area contributed by atoms with Crippen LogP contribution in [0.5, 0.6) is 0 Å². The van der Waals surface area contributed by atoms with Gasteiger partial charge in [0.25, 0.3) is 0 Å². The second kappa shape index (κ2) is 11.2. The van der Waals surface area contributed by atoms with E-state index in [9.17, 15) is 4.39 Å². The van der Waals surface area contributed by atoms with Gasteiger partial charge in [0.15, 0.2) is 0 Å². The Morgan fingerprint density at radius 1 is 1.20 bits per heavy atom. The predicted octanol–water partition coefficient (Wildman–Crippen LogP) is 5.58. The first kappa shape index (κ1) is 16.6. The van der Waals surface area contributed by atoms with Crippen LogP contribution in [-0.4, -0.2) is 0 Å². The molecule has 0 aromatic carbocycles. The van der Waals surface area contributed by atoms with E-state index in [2.05, 4.69) is 6.92 Å². The van der Waals surface area contributed by atoms with Gasteiger partial charge in [0.05, 0.1) is 0 Å². The molecule has 0 amide bonds. The van der Waals surface area contributed by atoms with Crippen LogP contribution in [0.1, 0.15) is 54.4 Å². The second-order valence-electron chi connectivity index (χ2n) is 2.97. The highest BCUT2D eigenvalue weighted by atomic mass is 19.1. The van der Waals surface area contributed by atoms with Gasteiger partial charge in [0, 0.05) is 5.57 Å². The summed E-state index contributed by atoms with van der Waals surface area (Å²) in [5, 5.41) is 0. The van der Waals surface area contributed by atoms with Crippen molar-refractivity contribution in [3.05, 3.63) is 35.2 Å². The highest BCUT2D eigenvalue weighted by Gasteiger charge is 2.02. The summed E-state index contributed by atoms with van der Waals surface area (Å²) in [7, 11) is 0. The first-order valence-electron chi connectivity index (χ1n) is 5.85. The Labute approximate surface area is 94.6 Å². The molecule has 0 rings (SSSR count). The smallest absolute Gasteiger partial charge is 0.107 e. The minimum Gasteiger partial charge on any atom is -0.211 e. The molecule has 0 heterocycles. The average Bonchev–Trinajstić information content (AvgIpc) is 2.28. The largest absolute Gasteiger partial charge is 0.211 e. The van der Waals surface area contributed by atoms with Crippen molar-refractivity contribution in [3.63, 3.8) is 0 Å². The van der Waals surface area contributed by atoms with Crippen molar-refractivity contribution in [1.29, 1.82) is 0 Å². The molecular formula is C14H25F. The van der Waals surface area contributed by atoms with Crippen molar-refractivity contribution in [2.75, 3.05) is 0 Å². The highest BCUT2D eigenvalue weighted by molar-refractivity contribution is 5.40. The molecule has 0 radical (unpaired) electrons. The lowest BCUT2D eigenvalue weighted by atomic mass is 10.0. The molecule has 88 valence electrons. The summed E-state index contributed by atoms with van der Waals surface area (Å²) in [4.78, 5) is 0. The molecule has 0 saturated carbocycles. The second-order valence-corrected chi connectivity index (χ2v) is 2.97. The van der Waals surface area contributed by atoms with E-state index < -0.39 is 0 Å². The number of rotatable bonds is 4. The summed E-state index contributed by atoms with van der Waals surface area (Å²) < 4.78 is 13.3. The van der Waals surface area contributed by atoms with Gasteiger partial charge in [-0.1, -0.05) is 45.9 Å². The van der Waals surface area contributed by atoms with Gasteiger partial charge in [-0.15, -0.1) is 0 Å². The molecule has 0 aromatic heterocycles. The lowest BCUT2D eigenvalue weighted by Gasteiger charge is -2.04. The zero-order valence-electron chi connectivity index (χ0n) is 11.0. The molecule has 0 bridgehead atoms. The quantitative estimate of drug-likeness (QED) is 0.534. The summed E-state index contributed by atoms with van der Waals surface area (Å²) >= 11 is 0. The van der Waals surface area contributed by atoms with Crippen LogP contribution in [0.3, 0.4) is 0 Å². The van der Waals surface area contributed by atoms with Gasteiger partial charge in [-0.2, -0.15) is 0 Å². The standard InChI is InChI=1S/C12H19F.C2H6/c1-5-8-10(4)11(9-6-2)12(13)7-3;1-2/h6,8-9H,5,7H2,1-4H3;1-2H3/b9-6-,10-8?,12-11-;. The van der Waals surface area contributed by atoms with Gasteiger partial charge in [-0.05, 0) is 32.3 Å². The van der Waals surface area contributed by atoms with Crippen LogP contribution in [0.15, 0.2) is 35.2 Å². The fraction of sp³-hybridized carbons (Fsp3) is 0.571. The van der Waals surface area contributed by atoms with Gasteiger partial charge in [0.2, 0.25) is 0 Å². The fourth-order valence-corrected chi connectivity index (χ4v) is 1.21. The Hall–Kier alpha value is -0.850. The molecule has 0 spiro atoms. The zero-order chi connectivity index (χ0) is 12.3. The van der Waals surface area contributed by atoms with E-state index in [-0.39, 0.29) is 5.83 Å². The van der Waals surface area contributed by atoms with Gasteiger partial charge in [-0.25, -0.2) is 4.39 Å². The molecule has 0 atom stereocenters. The minimum atomic E-state index is -0.0275. The molecular weight excluding hydrogens is 187 g/mol. The van der Waals surface area contributed by atoms with Crippen LogP contribution in [-0.2, 0) is 0 Å². The first-order valence-corrected chi connectivity index (χ1v) is 5.85. The molecule has 0 aliphatic carbocycles. The van der Waals surface area contributed by atoms with Crippen LogP contribution in [0, 0.1) is 0 Å². The van der Waals surface area contributed by atoms with Crippen molar-refractivity contribution in [1.82, 2.24) is 0 Å². The lowest BCUT2D eigenvalue weighted by molar-refractivity contribution is 0.597. The first-order chi connectivity index (χ1) is 7.17. The number of allylic oxidation sites excluding steroid dienone is 6. The predicted molar refractivity (Wildman–Crippen MR) is 68.6 cm³/mol. The molecule has 0 saturated heterocycles. The van der Waals surface area contributed by atoms with Crippen LogP contribution < -0.4 is 0 Å². The van der Waals surface area contributed by atoms with Gasteiger partial charge in [-0.3, -0.25) is 0 Å². The maximum absolute atomic E-state index is 13.3. The molecule has 1 heteroatoms. The van der Waals surface area contributed by atoms with Gasteiger partial charge >= 0.3 is 0 Å². The van der Waals surface area contributed by atoms with Crippen LogP contribution in [0.4, 0.5) is 4.39 Å². The molecule has 15 heavy (non-hydrogen) atoms. The number of halogens is 1. The summed E-state index contributed by atoms with van der Waals surface area (Å²) in [6.07, 6.45) is 7.17. The van der Waals surface area contributed by atoms with Crippen LogP contribution in [0.2, 0.25) is 0 Å². The Morgan fingerprint density at radius 3 is 2.07 bits per heavy atom. The molecule has 0 nitrogen and oxygen atoms in total. The third-order valence-corrected chi connectivity index (χ3v) is 1.87. The summed E-state index contributed by atoms with van der Waals surface area (Å²) in [6.45, 7) is 11.7. The molecule has 0 N–H and O–H groups in total. The zero-order valence-corrected chi connectivity index (χ0v) is 11.0. The molecule has 0 fully saturated rings. The molecule has 0 unspecified atom stereocenters. The van der Waals surface area contributed by atoms with Gasteiger partial charge < -0.3 is 0 Å². The van der Waals surface area contributed by atoms with E-state index in [1.165, 1.54) is 0 Å². The molecule has 0 aliphatic rings. The van der Waals surface area contributed by atoms with Crippen LogP contribution in [0.25, 0.3) is 0 Å². The third-order valence-electron chi connectivity index (χ3n) is 1.87. The third kappa shape index (κ3) is 7.12. The Morgan fingerprint density at radius 2 is 1.73 bits per heavy atom. The van der Waals surface area contributed by atoms with E-state index in [1.807, 2.05) is 52.8 Å². The topological polar surface area (TPSA) is 0 Å². The summed E-state index contributed by atoms with van der Waals surface area (Å²) in [6, 6.07) is 0. The maximum Gasteiger partial charge on any atom is 0.107 e. The van der Waals surface area contributed by atoms with Crippen molar-refractivity contribution < 1.29 is 4.39 Å². The lowest BCUT2D eigenvalue weighted by Crippen LogP contribution is -1.86. The number of hydrogen-bond acceptors (Lipinski definition) is 0. The Kier molecular flexibility index (Phi) is 12.4. The maximum atomic E-state index is 13.3. The van der Waals surface area contributed by atoms with Crippen molar-refractivity contribution in [2.45, 2.75) is 54.4 Å². The number of hydrogen-bond donors (Lipinski definition) is 0. The van der Waals surface area contributed by atoms with E-state index in [0.717, 1.165) is 17.6 Å². The molecule has 0 aliphatic heterocycles. The van der Waals surface area contributed by atoms with Gasteiger partial charge in [0.1, 0.15) is 5.83 Å². The van der Waals surface area contributed by atoms with E-state index in [4.69, 9.17) is 0 Å². The van der Waals surface area contributed by atoms with E-state index in [1.54, 1.807) is 0 Å². The Bertz CT molecular complexity index is 232. The van der Waals surface area contributed by atoms with Crippen LogP contribution >= 0.6 is 0 Å². The summed E-state index contributed by atoms with van der Waals surface area (Å²) in [5.41, 5.74) is 1.77. The van der Waals surface area contributed by atoms with Crippen molar-refractivity contribution >= 4 is 0 Å². The highest BCUT2D eigenvalue weighted by Crippen LogP contribution is 2.20. The van der Waals surface area contributed by atoms with E-state index >= 15 is 0 Å². The average molecular weight is 212 g/mol. The summed E-state index contributed by atoms with van der Waals surface area (Å²) in [5.74, 6) is -0.0275. The SMILES string of the molecule is C/C=C\C(C(C)=CCC)=C(\F)CC.CC. The molecule has 0 aromatic rings. The minimum absolute atomic E-state index is 0.0275. The Balaban J connectivity index is 0. The normalized spacial score (nSPS) is 13.4. The fourth-order valence-electron chi connectivity index (χ4n) is 1.21. The van der Waals surface area contributed by atoms with Crippen molar-refractivity contribution in [3.8, 4) is 0 Å². The van der Waals surface area contributed by atoms with Crippen molar-refractivity contribution in [2.24, 2.45) is 0 Å².